The maximum atomic E-state index is 5.12. The lowest BCUT2D eigenvalue weighted by Gasteiger charge is -2.02. The van der Waals surface area contributed by atoms with Crippen molar-refractivity contribution < 1.29 is 0 Å². The molecule has 0 amide bonds. The van der Waals surface area contributed by atoms with E-state index in [1.165, 1.54) is 0 Å². The molecule has 0 saturated heterocycles. The number of hydrogen-bond acceptors (Lipinski definition) is 1. The van der Waals surface area contributed by atoms with Gasteiger partial charge in [0.15, 0.2) is 0 Å². The van der Waals surface area contributed by atoms with Crippen molar-refractivity contribution in [3.05, 3.63) is 0 Å². The van der Waals surface area contributed by atoms with Gasteiger partial charge in [0.05, 0.1) is 0 Å². The van der Waals surface area contributed by atoms with Gasteiger partial charge in [-0.2, -0.15) is 0 Å². The fraction of sp³-hybridized carbons (Fsp3) is 0.500. The molecule has 0 aliphatic heterocycles. The minimum Gasteiger partial charge on any atom is -0.224 e. The third-order valence-corrected chi connectivity index (χ3v) is 3.24. The molecule has 0 heterocycles. The van der Waals surface area contributed by atoms with Crippen molar-refractivity contribution in [1.29, 1.82) is 0 Å². The van der Waals surface area contributed by atoms with Gasteiger partial charge in [0.2, 0.25) is 0 Å². The van der Waals surface area contributed by atoms with Crippen LogP contribution in [0.5, 0.6) is 0 Å². The molecule has 0 aliphatic carbocycles. The summed E-state index contributed by atoms with van der Waals surface area (Å²) < 4.78 is 12.1. The number of nitrogens with zero attached hydrogens (tertiary/aromatic N) is 3. The van der Waals surface area contributed by atoms with Gasteiger partial charge in [-0.3, -0.25) is 0 Å². The van der Waals surface area contributed by atoms with Crippen LogP contribution in [0.3, 0.4) is 0 Å². The lowest BCUT2D eigenvalue weighted by atomic mass is 10.9. The summed E-state index contributed by atoms with van der Waals surface area (Å²) in [4.78, 5) is 0. The highest BCUT2D eigenvalue weighted by Crippen LogP contribution is 2.50. The Bertz CT molecular complexity index is 194. The molecule has 3 nitrogen and oxygen atoms in total. The van der Waals surface area contributed by atoms with Crippen LogP contribution in [-0.2, 0) is 11.8 Å². The van der Waals surface area contributed by atoms with E-state index < -0.39 is 6.49 Å². The molecule has 0 aromatic heterocycles. The van der Waals surface area contributed by atoms with Crippen LogP contribution in [0, 0.1) is 0 Å². The first-order valence-electron chi connectivity index (χ1n) is 3.29. The third-order valence-electron chi connectivity index (χ3n) is 0.798. The number of rotatable bonds is 3. The van der Waals surface area contributed by atoms with Crippen molar-refractivity contribution in [2.75, 3.05) is 0 Å². The van der Waals surface area contributed by atoms with Gasteiger partial charge in [0, 0.05) is 18.6 Å². The molecule has 5 heteroatoms. The maximum absolute atomic E-state index is 5.12. The predicted octanol–water partition coefficient (Wildman–Crippen LogP) is 2.48. The minimum absolute atomic E-state index is 1.65. The summed E-state index contributed by atoms with van der Waals surface area (Å²) in [5.41, 5.74) is 0. The van der Waals surface area contributed by atoms with Crippen LogP contribution in [0.15, 0.2) is 14.3 Å². The Hall–Kier alpha value is -0.340. The topological polar surface area (TPSA) is 37.1 Å². The quantitative estimate of drug-likeness (QED) is 0.496. The smallest absolute Gasteiger partial charge is 0.224 e. The first kappa shape index (κ1) is 10.7. The Balaban J connectivity index is 4.67. The monoisotopic (exact) mass is 189 g/mol. The Labute approximate surface area is 72.5 Å². The summed E-state index contributed by atoms with van der Waals surface area (Å²) >= 11 is 5.12. The van der Waals surface area contributed by atoms with Gasteiger partial charge in [-0.1, -0.05) is 0 Å². The second-order valence-electron chi connectivity index (χ2n) is 1.63. The Morgan fingerprint density at radius 3 is 1.36 bits per heavy atom. The van der Waals surface area contributed by atoms with Gasteiger partial charge in [-0.25, -0.2) is 14.3 Å². The summed E-state index contributed by atoms with van der Waals surface area (Å²) in [6, 6.07) is 0. The van der Waals surface area contributed by atoms with E-state index in [1.807, 2.05) is 20.8 Å². The highest BCUT2D eigenvalue weighted by molar-refractivity contribution is 8.12. The Morgan fingerprint density at radius 2 is 1.18 bits per heavy atom. The third kappa shape index (κ3) is 4.17. The second-order valence-corrected chi connectivity index (χ2v) is 4.82. The molecular weight excluding hydrogens is 177 g/mol. The van der Waals surface area contributed by atoms with Gasteiger partial charge in [-0.15, -0.1) is 0 Å². The summed E-state index contributed by atoms with van der Waals surface area (Å²) in [6.07, 6.45) is 4.96. The molecule has 0 bridgehead atoms. The van der Waals surface area contributed by atoms with Crippen LogP contribution in [0.1, 0.15) is 20.8 Å². The van der Waals surface area contributed by atoms with E-state index in [0.29, 0.717) is 0 Å². The molecule has 0 N–H and O–H groups in total. The van der Waals surface area contributed by atoms with E-state index in [4.69, 9.17) is 11.8 Å². The predicted molar refractivity (Wildman–Crippen MR) is 56.8 cm³/mol. The lowest BCUT2D eigenvalue weighted by Crippen LogP contribution is -1.70. The van der Waals surface area contributed by atoms with E-state index in [0.717, 1.165) is 0 Å². The molecule has 0 radical (unpaired) electrons. The van der Waals surface area contributed by atoms with E-state index in [2.05, 4.69) is 14.3 Å². The lowest BCUT2D eigenvalue weighted by molar-refractivity contribution is 1.63. The molecule has 62 valence electrons. The zero-order chi connectivity index (χ0) is 8.74. The van der Waals surface area contributed by atoms with Crippen molar-refractivity contribution in [2.45, 2.75) is 20.8 Å². The molecular formula is C6H12N3PS. The van der Waals surface area contributed by atoms with Gasteiger partial charge in [0.25, 0.3) is 6.49 Å². The van der Waals surface area contributed by atoms with Crippen LogP contribution in [-0.4, -0.2) is 18.6 Å². The van der Waals surface area contributed by atoms with Gasteiger partial charge >= 0.3 is 0 Å². The van der Waals surface area contributed by atoms with E-state index in [1.54, 1.807) is 18.6 Å². The average Bonchev–Trinajstić information content (AvgIpc) is 1.88. The summed E-state index contributed by atoms with van der Waals surface area (Å²) in [5, 5.41) is 0. The van der Waals surface area contributed by atoms with Crippen molar-refractivity contribution in [3.63, 3.8) is 0 Å². The zero-order valence-corrected chi connectivity index (χ0v) is 8.64. The molecule has 0 unspecified atom stereocenters. The molecule has 0 atom stereocenters. The van der Waals surface area contributed by atoms with Crippen molar-refractivity contribution in [2.24, 2.45) is 14.3 Å². The molecule has 0 saturated carbocycles. The molecule has 0 rings (SSSR count). The van der Waals surface area contributed by atoms with Crippen LogP contribution in [0.4, 0.5) is 0 Å². The largest absolute Gasteiger partial charge is 0.273 e. The first-order valence-corrected chi connectivity index (χ1v) is 5.95. The fourth-order valence-electron chi connectivity index (χ4n) is 0.541. The van der Waals surface area contributed by atoms with E-state index in [9.17, 15) is 0 Å². The van der Waals surface area contributed by atoms with Crippen molar-refractivity contribution in [3.8, 4) is 0 Å². The zero-order valence-electron chi connectivity index (χ0n) is 6.93. The summed E-state index contributed by atoms with van der Waals surface area (Å²) in [6.45, 7) is 3.27. The van der Waals surface area contributed by atoms with Crippen LogP contribution >= 0.6 is 6.49 Å². The van der Waals surface area contributed by atoms with Crippen LogP contribution in [0.2, 0.25) is 0 Å². The molecule has 0 aliphatic rings. The molecule has 0 spiro atoms. The average molecular weight is 189 g/mol. The Kier molecular flexibility index (Phi) is 5.16. The first-order chi connectivity index (χ1) is 5.18. The van der Waals surface area contributed by atoms with Crippen LogP contribution < -0.4 is 0 Å². The maximum Gasteiger partial charge on any atom is 0.273 e. The summed E-state index contributed by atoms with van der Waals surface area (Å²) in [5.74, 6) is 0. The molecule has 0 aromatic rings. The van der Waals surface area contributed by atoms with Crippen molar-refractivity contribution >= 4 is 36.9 Å². The fourth-order valence-corrected chi connectivity index (χ4v) is 2.47. The molecule has 0 fully saturated rings. The van der Waals surface area contributed by atoms with E-state index in [-0.39, 0.29) is 0 Å². The molecule has 0 aromatic carbocycles. The highest BCUT2D eigenvalue weighted by atomic mass is 32.4. The van der Waals surface area contributed by atoms with Gasteiger partial charge in [0.1, 0.15) is 0 Å². The summed E-state index contributed by atoms with van der Waals surface area (Å²) in [7, 11) is 0. The Morgan fingerprint density at radius 1 is 0.909 bits per heavy atom. The van der Waals surface area contributed by atoms with Gasteiger partial charge in [-0.05, 0) is 32.6 Å². The highest BCUT2D eigenvalue weighted by Gasteiger charge is 2.05. The number of hydrogen-bond donors (Lipinski definition) is 0. The SMILES string of the molecule is CC=NP(=S)(N=CC)N=CC. The van der Waals surface area contributed by atoms with Gasteiger partial charge < -0.3 is 0 Å². The normalized spacial score (nSPS) is 18.5. The van der Waals surface area contributed by atoms with Crippen molar-refractivity contribution in [1.82, 2.24) is 0 Å². The minimum atomic E-state index is -2.18. The molecule has 11 heavy (non-hydrogen) atoms. The second kappa shape index (κ2) is 5.33. The standard InChI is InChI=1S/C6H12N3PS/c1-4-7-10(11,8-5-2)9-6-3/h4-6H,1-3H3. The van der Waals surface area contributed by atoms with Crippen LogP contribution in [0.25, 0.3) is 0 Å². The van der Waals surface area contributed by atoms with E-state index >= 15 is 0 Å².